The molecule has 17 heavy (non-hydrogen) atoms. The maximum absolute atomic E-state index is 10.9. The minimum absolute atomic E-state index is 0.359. The molecule has 0 radical (unpaired) electrons. The Labute approximate surface area is 103 Å². The molecule has 0 aromatic heterocycles. The lowest BCUT2D eigenvalue weighted by Gasteiger charge is -2.17. The molecule has 1 amide bonds. The number of carbonyl (C=O) groups excluding carboxylic acids is 1. The third-order valence-electron chi connectivity index (χ3n) is 3.22. The third-order valence-corrected chi connectivity index (χ3v) is 3.22. The number of hydrogen-bond acceptors (Lipinski definition) is 2. The van der Waals surface area contributed by atoms with Gasteiger partial charge in [0.1, 0.15) is 0 Å². The number of rotatable bonds is 5. The van der Waals surface area contributed by atoms with E-state index in [0.717, 1.165) is 6.42 Å². The first-order chi connectivity index (χ1) is 7.91. The molecule has 0 aliphatic carbocycles. The molecule has 0 spiro atoms. The number of primary amides is 1. The highest BCUT2D eigenvalue weighted by Crippen LogP contribution is 2.19. The van der Waals surface area contributed by atoms with Gasteiger partial charge in [0.15, 0.2) is 0 Å². The van der Waals surface area contributed by atoms with E-state index in [9.17, 15) is 4.79 Å². The topological polar surface area (TPSA) is 69.1 Å². The van der Waals surface area contributed by atoms with E-state index in [1.54, 1.807) is 0 Å². The molecule has 1 rings (SSSR count). The van der Waals surface area contributed by atoms with E-state index < -0.39 is 11.9 Å². The van der Waals surface area contributed by atoms with Gasteiger partial charge in [-0.15, -0.1) is 0 Å². The zero-order valence-electron chi connectivity index (χ0n) is 10.9. The van der Waals surface area contributed by atoms with E-state index >= 15 is 0 Å². The van der Waals surface area contributed by atoms with Gasteiger partial charge in [-0.25, -0.2) is 0 Å². The second-order valence-corrected chi connectivity index (χ2v) is 4.92. The van der Waals surface area contributed by atoms with Gasteiger partial charge < -0.3 is 11.5 Å². The molecule has 2 unspecified atom stereocenters. The van der Waals surface area contributed by atoms with Crippen LogP contribution in [0.5, 0.6) is 0 Å². The van der Waals surface area contributed by atoms with Crippen LogP contribution in [0.15, 0.2) is 18.2 Å². The van der Waals surface area contributed by atoms with Crippen molar-refractivity contribution in [1.82, 2.24) is 0 Å². The monoisotopic (exact) mass is 234 g/mol. The summed E-state index contributed by atoms with van der Waals surface area (Å²) in [6.45, 7) is 6.33. The van der Waals surface area contributed by atoms with Crippen LogP contribution in [0.2, 0.25) is 0 Å². The summed E-state index contributed by atoms with van der Waals surface area (Å²) in [5, 5.41) is 0. The van der Waals surface area contributed by atoms with E-state index in [0.29, 0.717) is 12.3 Å². The smallest absolute Gasteiger partial charge is 0.234 e. The van der Waals surface area contributed by atoms with Crippen molar-refractivity contribution in [2.45, 2.75) is 39.7 Å². The van der Waals surface area contributed by atoms with Crippen LogP contribution in [0.25, 0.3) is 0 Å². The number of carbonyl (C=O) groups is 1. The zero-order valence-corrected chi connectivity index (χ0v) is 10.9. The first kappa shape index (κ1) is 13.7. The number of aryl methyl sites for hydroxylation is 2. The highest BCUT2D eigenvalue weighted by molar-refractivity contribution is 5.79. The summed E-state index contributed by atoms with van der Waals surface area (Å²) in [4.78, 5) is 10.9. The Bertz CT molecular complexity index is 381. The predicted molar refractivity (Wildman–Crippen MR) is 70.6 cm³/mol. The Hall–Kier alpha value is -1.35. The number of hydrogen-bond donors (Lipinski definition) is 2. The highest BCUT2D eigenvalue weighted by atomic mass is 16.1. The lowest BCUT2D eigenvalue weighted by atomic mass is 9.90. The van der Waals surface area contributed by atoms with Crippen LogP contribution in [-0.4, -0.2) is 11.9 Å². The molecule has 0 heterocycles. The first-order valence-electron chi connectivity index (χ1n) is 6.01. The van der Waals surface area contributed by atoms with Crippen LogP contribution in [0, 0.1) is 19.8 Å². The molecule has 0 saturated carbocycles. The Balaban J connectivity index is 2.68. The zero-order chi connectivity index (χ0) is 13.0. The van der Waals surface area contributed by atoms with Crippen molar-refractivity contribution in [3.05, 3.63) is 34.9 Å². The van der Waals surface area contributed by atoms with E-state index in [4.69, 9.17) is 11.5 Å². The van der Waals surface area contributed by atoms with Gasteiger partial charge in [-0.2, -0.15) is 0 Å². The summed E-state index contributed by atoms with van der Waals surface area (Å²) < 4.78 is 0. The molecule has 4 N–H and O–H groups in total. The lowest BCUT2D eigenvalue weighted by molar-refractivity contribution is -0.119. The lowest BCUT2D eigenvalue weighted by Crippen LogP contribution is -2.37. The van der Waals surface area contributed by atoms with Crippen molar-refractivity contribution < 1.29 is 4.79 Å². The van der Waals surface area contributed by atoms with Crippen molar-refractivity contribution in [1.29, 1.82) is 0 Å². The van der Waals surface area contributed by atoms with Crippen LogP contribution in [0.1, 0.15) is 30.0 Å². The molecule has 0 fully saturated rings. The quantitative estimate of drug-likeness (QED) is 0.814. The molecule has 94 valence electrons. The summed E-state index contributed by atoms with van der Waals surface area (Å²) >= 11 is 0. The summed E-state index contributed by atoms with van der Waals surface area (Å²) in [6.07, 6.45) is 1.59. The number of amides is 1. The van der Waals surface area contributed by atoms with E-state index in [1.165, 1.54) is 16.7 Å². The maximum Gasteiger partial charge on any atom is 0.234 e. The molecule has 0 aliphatic heterocycles. The molecule has 0 bridgehead atoms. The molecular formula is C14H22N2O. The molecular weight excluding hydrogens is 212 g/mol. The summed E-state index contributed by atoms with van der Waals surface area (Å²) in [5.41, 5.74) is 14.8. The van der Waals surface area contributed by atoms with Crippen molar-refractivity contribution in [2.24, 2.45) is 17.4 Å². The third kappa shape index (κ3) is 3.86. The largest absolute Gasteiger partial charge is 0.368 e. The van der Waals surface area contributed by atoms with Gasteiger partial charge >= 0.3 is 0 Å². The van der Waals surface area contributed by atoms with E-state index in [2.05, 4.69) is 39.0 Å². The summed E-state index contributed by atoms with van der Waals surface area (Å²) in [6, 6.07) is 5.76. The Kier molecular flexibility index (Phi) is 4.70. The van der Waals surface area contributed by atoms with Gasteiger partial charge in [-0.1, -0.05) is 25.1 Å². The van der Waals surface area contributed by atoms with Crippen LogP contribution in [0.3, 0.4) is 0 Å². The van der Waals surface area contributed by atoms with Gasteiger partial charge in [0.25, 0.3) is 0 Å². The van der Waals surface area contributed by atoms with Crippen molar-refractivity contribution in [2.75, 3.05) is 0 Å². The van der Waals surface area contributed by atoms with Gasteiger partial charge in [-0.05, 0) is 49.3 Å². The molecule has 0 saturated heterocycles. The second kappa shape index (κ2) is 5.82. The number of nitrogens with two attached hydrogens (primary N) is 2. The van der Waals surface area contributed by atoms with Crippen LogP contribution < -0.4 is 11.5 Å². The summed E-state index contributed by atoms with van der Waals surface area (Å²) in [7, 11) is 0. The Morgan fingerprint density at radius 1 is 1.29 bits per heavy atom. The molecule has 3 heteroatoms. The second-order valence-electron chi connectivity index (χ2n) is 4.92. The summed E-state index contributed by atoms with van der Waals surface area (Å²) in [5.74, 6) is -0.0596. The SMILES string of the molecule is Cc1cccc(C)c1CC(C)CC(N)C(N)=O. The fourth-order valence-corrected chi connectivity index (χ4v) is 2.15. The fourth-order valence-electron chi connectivity index (χ4n) is 2.15. The van der Waals surface area contributed by atoms with Crippen molar-refractivity contribution >= 4 is 5.91 Å². The number of benzene rings is 1. The van der Waals surface area contributed by atoms with Crippen molar-refractivity contribution in [3.63, 3.8) is 0 Å². The van der Waals surface area contributed by atoms with Crippen LogP contribution >= 0.6 is 0 Å². The van der Waals surface area contributed by atoms with Gasteiger partial charge in [0.2, 0.25) is 5.91 Å². The standard InChI is InChI=1S/C14H22N2O/c1-9(8-13(15)14(16)17)7-12-10(2)5-4-6-11(12)3/h4-6,9,13H,7-8,15H2,1-3H3,(H2,16,17). The minimum atomic E-state index is -0.533. The predicted octanol–water partition coefficient (Wildman–Crippen LogP) is 1.68. The fraction of sp³-hybridized carbons (Fsp3) is 0.500. The Morgan fingerprint density at radius 2 is 1.82 bits per heavy atom. The average molecular weight is 234 g/mol. The molecule has 2 atom stereocenters. The molecule has 1 aromatic carbocycles. The van der Waals surface area contributed by atoms with E-state index in [-0.39, 0.29) is 0 Å². The van der Waals surface area contributed by atoms with Crippen LogP contribution in [0.4, 0.5) is 0 Å². The Morgan fingerprint density at radius 3 is 2.29 bits per heavy atom. The average Bonchev–Trinajstić information content (AvgIpc) is 2.23. The maximum atomic E-state index is 10.9. The highest BCUT2D eigenvalue weighted by Gasteiger charge is 2.15. The van der Waals surface area contributed by atoms with E-state index in [1.807, 2.05) is 0 Å². The van der Waals surface area contributed by atoms with Gasteiger partial charge in [-0.3, -0.25) is 4.79 Å². The minimum Gasteiger partial charge on any atom is -0.368 e. The molecule has 3 nitrogen and oxygen atoms in total. The van der Waals surface area contributed by atoms with Gasteiger partial charge in [0.05, 0.1) is 6.04 Å². The van der Waals surface area contributed by atoms with Crippen LogP contribution in [-0.2, 0) is 11.2 Å². The van der Waals surface area contributed by atoms with Crippen molar-refractivity contribution in [3.8, 4) is 0 Å². The van der Waals surface area contributed by atoms with Gasteiger partial charge in [0, 0.05) is 0 Å². The normalized spacial score (nSPS) is 14.4. The molecule has 1 aromatic rings. The first-order valence-corrected chi connectivity index (χ1v) is 6.01. The molecule has 0 aliphatic rings.